The average Bonchev–Trinajstić information content (AvgIpc) is 2.75. The van der Waals surface area contributed by atoms with Gasteiger partial charge in [0, 0.05) is 18.2 Å². The second kappa shape index (κ2) is 11.1. The standard InChI is InChI=1S/C23H22F4N2O4S/c1-4-10-33-20-13-18(23(25,26)27)8-6-17(20)7-9-21(30)28-14-15-11-16(5-2)22(19(24)12-15)29-34(3,31)32/h2,6-9,11-13,29H,4,10,14H2,1,3H3,(H,28,30)/b9-7+. The lowest BCUT2D eigenvalue weighted by Crippen LogP contribution is -2.20. The molecule has 2 aromatic rings. The van der Waals surface area contributed by atoms with Crippen LogP contribution in [0.1, 0.15) is 35.6 Å². The summed E-state index contributed by atoms with van der Waals surface area (Å²) in [7, 11) is -3.76. The van der Waals surface area contributed by atoms with Crippen molar-refractivity contribution >= 4 is 27.7 Å². The molecule has 2 aromatic carbocycles. The Labute approximate surface area is 195 Å². The number of alkyl halides is 3. The van der Waals surface area contributed by atoms with E-state index in [4.69, 9.17) is 11.2 Å². The van der Waals surface area contributed by atoms with Crippen LogP contribution in [-0.2, 0) is 27.5 Å². The third-order valence-corrected chi connectivity index (χ3v) is 4.85. The fraction of sp³-hybridized carbons (Fsp3) is 0.261. The molecule has 0 atom stereocenters. The van der Waals surface area contributed by atoms with E-state index in [1.807, 2.05) is 4.72 Å². The molecule has 0 fully saturated rings. The summed E-state index contributed by atoms with van der Waals surface area (Å²) in [6.07, 6.45) is 4.61. The number of carbonyl (C=O) groups excluding carboxylic acids is 1. The van der Waals surface area contributed by atoms with E-state index >= 15 is 0 Å². The van der Waals surface area contributed by atoms with Gasteiger partial charge in [0.2, 0.25) is 15.9 Å². The summed E-state index contributed by atoms with van der Waals surface area (Å²) in [5.74, 6) is 0.643. The van der Waals surface area contributed by atoms with Crippen LogP contribution in [0.15, 0.2) is 36.4 Å². The van der Waals surface area contributed by atoms with E-state index in [-0.39, 0.29) is 41.3 Å². The number of hydrogen-bond acceptors (Lipinski definition) is 4. The van der Waals surface area contributed by atoms with Gasteiger partial charge in [-0.1, -0.05) is 18.9 Å². The third-order valence-electron chi connectivity index (χ3n) is 4.28. The van der Waals surface area contributed by atoms with Crippen LogP contribution in [-0.4, -0.2) is 27.2 Å². The van der Waals surface area contributed by atoms with Crippen molar-refractivity contribution < 1.29 is 35.5 Å². The van der Waals surface area contributed by atoms with Crippen molar-refractivity contribution in [2.24, 2.45) is 0 Å². The molecule has 0 aromatic heterocycles. The van der Waals surface area contributed by atoms with Crippen molar-refractivity contribution in [1.29, 1.82) is 0 Å². The first-order chi connectivity index (χ1) is 15.8. The molecule has 0 saturated heterocycles. The molecule has 0 aliphatic rings. The van der Waals surface area contributed by atoms with Crippen molar-refractivity contribution in [2.75, 3.05) is 17.6 Å². The molecule has 0 aliphatic carbocycles. The van der Waals surface area contributed by atoms with Crippen LogP contribution in [0, 0.1) is 18.2 Å². The molecule has 0 heterocycles. The highest BCUT2D eigenvalue weighted by molar-refractivity contribution is 7.92. The van der Waals surface area contributed by atoms with Gasteiger partial charge >= 0.3 is 6.18 Å². The predicted molar refractivity (Wildman–Crippen MR) is 121 cm³/mol. The van der Waals surface area contributed by atoms with Crippen LogP contribution in [0.4, 0.5) is 23.2 Å². The summed E-state index contributed by atoms with van der Waals surface area (Å²) in [5, 5.41) is 2.49. The Morgan fingerprint density at radius 3 is 2.53 bits per heavy atom. The van der Waals surface area contributed by atoms with Gasteiger partial charge in [0.15, 0.2) is 0 Å². The minimum absolute atomic E-state index is 0.0181. The maximum Gasteiger partial charge on any atom is 0.416 e. The first kappa shape index (κ1) is 26.7. The third kappa shape index (κ3) is 7.81. The van der Waals surface area contributed by atoms with Crippen LogP contribution in [0.5, 0.6) is 5.75 Å². The van der Waals surface area contributed by atoms with Crippen molar-refractivity contribution in [2.45, 2.75) is 26.1 Å². The predicted octanol–water partition coefficient (Wildman–Crippen LogP) is 4.32. The Bertz CT molecular complexity index is 1230. The summed E-state index contributed by atoms with van der Waals surface area (Å²) in [4.78, 5) is 12.2. The first-order valence-corrected chi connectivity index (χ1v) is 11.8. The molecule has 0 bridgehead atoms. The molecule has 2 N–H and O–H groups in total. The Balaban J connectivity index is 2.15. The average molecular weight is 498 g/mol. The van der Waals surface area contributed by atoms with E-state index in [1.165, 1.54) is 18.2 Å². The number of sulfonamides is 1. The smallest absolute Gasteiger partial charge is 0.416 e. The Kier molecular flexibility index (Phi) is 8.70. The Hall–Kier alpha value is -3.52. The molecule has 6 nitrogen and oxygen atoms in total. The minimum Gasteiger partial charge on any atom is -0.493 e. The summed E-state index contributed by atoms with van der Waals surface area (Å²) in [6, 6.07) is 5.30. The maximum absolute atomic E-state index is 14.3. The number of anilines is 1. The molecular formula is C23H22F4N2O4S. The molecule has 11 heteroatoms. The molecule has 182 valence electrons. The number of benzene rings is 2. The normalized spacial score (nSPS) is 11.8. The number of ether oxygens (including phenoxy) is 1. The van der Waals surface area contributed by atoms with E-state index in [2.05, 4.69) is 11.2 Å². The summed E-state index contributed by atoms with van der Waals surface area (Å²) in [6.45, 7) is 1.86. The van der Waals surface area contributed by atoms with Gasteiger partial charge in [0.05, 0.1) is 29.7 Å². The van der Waals surface area contributed by atoms with Crippen LogP contribution in [0.2, 0.25) is 0 Å². The largest absolute Gasteiger partial charge is 0.493 e. The molecule has 0 spiro atoms. The quantitative estimate of drug-likeness (QED) is 0.307. The number of rotatable bonds is 9. The molecule has 2 rings (SSSR count). The summed E-state index contributed by atoms with van der Waals surface area (Å²) < 4.78 is 83.4. The van der Waals surface area contributed by atoms with Gasteiger partial charge in [0.25, 0.3) is 0 Å². The highest BCUT2D eigenvalue weighted by Crippen LogP contribution is 2.33. The minimum atomic E-state index is -4.54. The van der Waals surface area contributed by atoms with Gasteiger partial charge in [-0.25, -0.2) is 12.8 Å². The number of carbonyl (C=O) groups is 1. The molecule has 0 radical (unpaired) electrons. The fourth-order valence-corrected chi connectivity index (χ4v) is 3.35. The zero-order valence-electron chi connectivity index (χ0n) is 18.3. The van der Waals surface area contributed by atoms with E-state index in [0.29, 0.717) is 6.42 Å². The second-order valence-electron chi connectivity index (χ2n) is 7.17. The monoisotopic (exact) mass is 498 g/mol. The Morgan fingerprint density at radius 1 is 1.24 bits per heavy atom. The zero-order chi connectivity index (χ0) is 25.5. The molecule has 0 aliphatic heterocycles. The molecular weight excluding hydrogens is 476 g/mol. The van der Waals surface area contributed by atoms with Crippen LogP contribution >= 0.6 is 0 Å². The number of terminal acetylenes is 1. The lowest BCUT2D eigenvalue weighted by Gasteiger charge is -2.13. The lowest BCUT2D eigenvalue weighted by molar-refractivity contribution is -0.137. The number of amides is 1. The van der Waals surface area contributed by atoms with E-state index in [1.54, 1.807) is 6.92 Å². The van der Waals surface area contributed by atoms with E-state index in [0.717, 1.165) is 30.5 Å². The van der Waals surface area contributed by atoms with E-state index < -0.39 is 33.5 Å². The van der Waals surface area contributed by atoms with Gasteiger partial charge in [-0.2, -0.15) is 13.2 Å². The van der Waals surface area contributed by atoms with Crippen molar-refractivity contribution in [3.8, 4) is 18.1 Å². The fourth-order valence-electron chi connectivity index (χ4n) is 2.77. The summed E-state index contributed by atoms with van der Waals surface area (Å²) >= 11 is 0. The van der Waals surface area contributed by atoms with Crippen LogP contribution < -0.4 is 14.8 Å². The molecule has 0 saturated carbocycles. The van der Waals surface area contributed by atoms with Gasteiger partial charge in [0.1, 0.15) is 11.6 Å². The maximum atomic E-state index is 14.3. The van der Waals surface area contributed by atoms with Crippen molar-refractivity contribution in [1.82, 2.24) is 5.32 Å². The van der Waals surface area contributed by atoms with Gasteiger partial charge < -0.3 is 10.1 Å². The molecule has 34 heavy (non-hydrogen) atoms. The number of halogens is 4. The van der Waals surface area contributed by atoms with Crippen molar-refractivity contribution in [3.05, 3.63) is 64.5 Å². The molecule has 0 unspecified atom stereocenters. The van der Waals surface area contributed by atoms with Gasteiger partial charge in [-0.3, -0.25) is 9.52 Å². The SMILES string of the molecule is C#Cc1cc(CNC(=O)/C=C/c2ccc(C(F)(F)F)cc2OCCC)cc(F)c1NS(C)(=O)=O. The highest BCUT2D eigenvalue weighted by Gasteiger charge is 2.31. The van der Waals surface area contributed by atoms with Crippen LogP contribution in [0.25, 0.3) is 6.08 Å². The summed E-state index contributed by atoms with van der Waals surface area (Å²) in [5.41, 5.74) is -0.754. The topological polar surface area (TPSA) is 84.5 Å². The Morgan fingerprint density at radius 2 is 1.94 bits per heavy atom. The number of nitrogens with one attached hydrogen (secondary N) is 2. The van der Waals surface area contributed by atoms with Crippen molar-refractivity contribution in [3.63, 3.8) is 0 Å². The zero-order valence-corrected chi connectivity index (χ0v) is 19.1. The van der Waals surface area contributed by atoms with Crippen LogP contribution in [0.3, 0.4) is 0 Å². The lowest BCUT2D eigenvalue weighted by atomic mass is 10.1. The second-order valence-corrected chi connectivity index (χ2v) is 8.92. The van der Waals surface area contributed by atoms with E-state index in [9.17, 15) is 30.8 Å². The highest BCUT2D eigenvalue weighted by atomic mass is 32.2. The molecule has 1 amide bonds. The number of hydrogen-bond donors (Lipinski definition) is 2. The van der Waals surface area contributed by atoms with Gasteiger partial charge in [-0.15, -0.1) is 6.42 Å². The van der Waals surface area contributed by atoms with Gasteiger partial charge in [-0.05, 0) is 42.3 Å². The first-order valence-electron chi connectivity index (χ1n) is 9.90.